The third-order valence-corrected chi connectivity index (χ3v) is 6.08. The number of nitrogens with one attached hydrogen (secondary N) is 2. The number of aromatic nitrogens is 4. The molecule has 1 aliphatic heterocycles. The number of benzene rings is 2. The number of H-pyrrole nitrogens is 1. The van der Waals surface area contributed by atoms with E-state index in [1.807, 2.05) is 18.3 Å². The van der Waals surface area contributed by atoms with Crippen molar-refractivity contribution in [3.8, 4) is 0 Å². The Morgan fingerprint density at radius 1 is 1.10 bits per heavy atom. The van der Waals surface area contributed by atoms with Gasteiger partial charge in [0.15, 0.2) is 11.0 Å². The summed E-state index contributed by atoms with van der Waals surface area (Å²) < 4.78 is 4.40. The molecule has 1 fully saturated rings. The summed E-state index contributed by atoms with van der Waals surface area (Å²) in [5.74, 6) is 1.74. The van der Waals surface area contributed by atoms with Crippen molar-refractivity contribution < 1.29 is 9.47 Å². The quantitative estimate of drug-likeness (QED) is 0.400. The van der Waals surface area contributed by atoms with E-state index in [0.29, 0.717) is 0 Å². The minimum Gasteiger partial charge on any atom is -0.333 e. The van der Waals surface area contributed by atoms with Crippen LogP contribution >= 0.6 is 0 Å². The maximum absolute atomic E-state index is 4.81. The van der Waals surface area contributed by atoms with E-state index in [1.54, 1.807) is 4.90 Å². The first-order valence-corrected chi connectivity index (χ1v) is 10.6. The predicted molar refractivity (Wildman–Crippen MR) is 116 cm³/mol. The topological polar surface area (TPSA) is 54.3 Å². The van der Waals surface area contributed by atoms with E-state index < -0.39 is 0 Å². The van der Waals surface area contributed by atoms with Crippen molar-refractivity contribution in [2.75, 3.05) is 19.6 Å². The Morgan fingerprint density at radius 3 is 2.76 bits per heavy atom. The molecule has 0 unspecified atom stereocenters. The molecule has 5 rings (SSSR count). The number of aryl methyl sites for hydroxylation is 1. The fraction of sp³-hybridized carbons (Fsp3) is 0.348. The zero-order valence-corrected chi connectivity index (χ0v) is 16.9. The first kappa shape index (κ1) is 18.1. The van der Waals surface area contributed by atoms with Gasteiger partial charge in [0, 0.05) is 0 Å². The van der Waals surface area contributed by atoms with Gasteiger partial charge >= 0.3 is 0 Å². The summed E-state index contributed by atoms with van der Waals surface area (Å²) in [6, 6.07) is 16.6. The molecule has 4 aromatic rings. The zero-order chi connectivity index (χ0) is 19.6. The number of quaternary nitrogens is 1. The first-order chi connectivity index (χ1) is 14.3. The second-order valence-corrected chi connectivity index (χ2v) is 7.96. The summed E-state index contributed by atoms with van der Waals surface area (Å²) in [5.41, 5.74) is 4.45. The fourth-order valence-electron chi connectivity index (χ4n) is 4.41. The molecule has 1 saturated heterocycles. The summed E-state index contributed by atoms with van der Waals surface area (Å²) in [7, 11) is 2.06. The van der Waals surface area contributed by atoms with Crippen LogP contribution in [0.4, 0.5) is 5.95 Å². The number of piperidine rings is 1. The third kappa shape index (κ3) is 3.56. The zero-order valence-electron chi connectivity index (χ0n) is 16.9. The summed E-state index contributed by atoms with van der Waals surface area (Å²) in [5, 5.41) is 0. The highest BCUT2D eigenvalue weighted by Crippen LogP contribution is 2.21. The molecule has 0 radical (unpaired) electrons. The van der Waals surface area contributed by atoms with Gasteiger partial charge in [-0.25, -0.2) is 19.5 Å². The Bertz CT molecular complexity index is 1160. The Morgan fingerprint density at radius 2 is 1.90 bits per heavy atom. The van der Waals surface area contributed by atoms with Gasteiger partial charge < -0.3 is 9.47 Å². The lowest BCUT2D eigenvalue weighted by Gasteiger charge is -2.23. The van der Waals surface area contributed by atoms with Crippen LogP contribution in [0.25, 0.3) is 22.1 Å². The highest BCUT2D eigenvalue weighted by molar-refractivity contribution is 5.83. The van der Waals surface area contributed by atoms with Gasteiger partial charge in [0.25, 0.3) is 5.82 Å². The molecule has 2 N–H and O–H groups in total. The van der Waals surface area contributed by atoms with Crippen molar-refractivity contribution in [3.63, 3.8) is 0 Å². The molecule has 6 nitrogen and oxygen atoms in total. The molecule has 0 atom stereocenters. The van der Waals surface area contributed by atoms with Gasteiger partial charge in [-0.05, 0) is 43.5 Å². The molecular weight excluding hydrogens is 360 g/mol. The van der Waals surface area contributed by atoms with Crippen molar-refractivity contribution in [1.29, 1.82) is 0 Å². The van der Waals surface area contributed by atoms with Crippen LogP contribution in [0.5, 0.6) is 0 Å². The normalized spacial score (nSPS) is 15.8. The van der Waals surface area contributed by atoms with Crippen molar-refractivity contribution in [2.24, 2.45) is 12.0 Å². The number of hydrogen-bond donors (Lipinski definition) is 2. The molecule has 148 valence electrons. The average molecular weight is 389 g/mol. The number of fused-ring (bicyclic) bond motifs is 2. The molecule has 1 aliphatic rings. The van der Waals surface area contributed by atoms with Crippen LogP contribution in [0.15, 0.2) is 53.5 Å². The lowest BCUT2D eigenvalue weighted by molar-refractivity contribution is -0.905. The van der Waals surface area contributed by atoms with E-state index in [-0.39, 0.29) is 0 Å². The number of likely N-dealkylation sites (tertiary alicyclic amines) is 1. The number of aromatic amines is 1. The van der Waals surface area contributed by atoms with Gasteiger partial charge in [-0.1, -0.05) is 24.3 Å². The molecule has 2 aromatic carbocycles. The number of imidazole rings is 2. The van der Waals surface area contributed by atoms with Crippen LogP contribution in [0, 0.1) is 0 Å². The number of rotatable bonds is 5. The summed E-state index contributed by atoms with van der Waals surface area (Å²) >= 11 is 0. The monoisotopic (exact) mass is 388 g/mol. The van der Waals surface area contributed by atoms with E-state index in [1.165, 1.54) is 32.4 Å². The number of hydrogen-bond acceptors (Lipinski definition) is 2. The van der Waals surface area contributed by atoms with E-state index in [9.17, 15) is 0 Å². The molecule has 2 aromatic heterocycles. The fourth-order valence-corrected chi connectivity index (χ4v) is 4.41. The molecular formula is C23H28N6+2. The van der Waals surface area contributed by atoms with Gasteiger partial charge in [-0.2, -0.15) is 0 Å². The second kappa shape index (κ2) is 7.79. The first-order valence-electron chi connectivity index (χ1n) is 10.6. The van der Waals surface area contributed by atoms with Crippen LogP contribution in [0.2, 0.25) is 0 Å². The smallest absolute Gasteiger partial charge is 0.298 e. The van der Waals surface area contributed by atoms with Crippen LogP contribution in [-0.2, 0) is 13.6 Å². The minimum absolute atomic E-state index is 0.779. The van der Waals surface area contributed by atoms with Crippen LogP contribution in [-0.4, -0.2) is 40.4 Å². The Labute approximate surface area is 170 Å². The number of para-hydroxylation sites is 4. The Balaban J connectivity index is 1.46. The largest absolute Gasteiger partial charge is 0.333 e. The predicted octanol–water partition coefficient (Wildman–Crippen LogP) is 2.16. The minimum atomic E-state index is 0.779. The molecule has 6 heteroatoms. The lowest BCUT2D eigenvalue weighted by atomic mass is 10.1. The van der Waals surface area contributed by atoms with Crippen molar-refractivity contribution >= 4 is 34.2 Å². The van der Waals surface area contributed by atoms with E-state index in [2.05, 4.69) is 57.6 Å². The Kier molecular flexibility index (Phi) is 4.86. The van der Waals surface area contributed by atoms with E-state index in [4.69, 9.17) is 9.98 Å². The van der Waals surface area contributed by atoms with Crippen LogP contribution in [0.1, 0.15) is 25.1 Å². The molecule has 0 amide bonds. The molecule has 29 heavy (non-hydrogen) atoms. The van der Waals surface area contributed by atoms with Crippen LogP contribution in [0.3, 0.4) is 0 Å². The lowest BCUT2D eigenvalue weighted by Crippen LogP contribution is -3.13. The average Bonchev–Trinajstić information content (AvgIpc) is 3.29. The van der Waals surface area contributed by atoms with Crippen molar-refractivity contribution in [2.45, 2.75) is 25.8 Å². The van der Waals surface area contributed by atoms with Crippen LogP contribution < -0.4 is 9.47 Å². The van der Waals surface area contributed by atoms with Gasteiger partial charge in [0.2, 0.25) is 5.95 Å². The molecule has 0 bridgehead atoms. The Hall–Kier alpha value is -2.99. The van der Waals surface area contributed by atoms with E-state index in [0.717, 1.165) is 46.9 Å². The maximum Gasteiger partial charge on any atom is 0.298 e. The van der Waals surface area contributed by atoms with Gasteiger partial charge in [0.1, 0.15) is 6.21 Å². The molecule has 0 spiro atoms. The van der Waals surface area contributed by atoms with E-state index >= 15 is 0 Å². The van der Waals surface area contributed by atoms with Gasteiger partial charge in [-0.3, -0.25) is 0 Å². The molecule has 3 heterocycles. The van der Waals surface area contributed by atoms with Crippen molar-refractivity contribution in [3.05, 3.63) is 54.4 Å². The SMILES string of the molecule is C[n+]1c(/C=N/c2nc3ccccc3n2CC[NH+]2CCCCC2)[nH]c2ccccc21. The second-order valence-electron chi connectivity index (χ2n) is 7.96. The number of aliphatic imine (C=N–C) groups is 1. The molecule has 0 saturated carbocycles. The summed E-state index contributed by atoms with van der Waals surface area (Å²) in [4.78, 5) is 14.8. The maximum atomic E-state index is 4.81. The molecule has 0 aliphatic carbocycles. The summed E-state index contributed by atoms with van der Waals surface area (Å²) in [6.45, 7) is 4.65. The highest BCUT2D eigenvalue weighted by atomic mass is 15.2. The number of nitrogens with zero attached hydrogens (tertiary/aromatic N) is 4. The summed E-state index contributed by atoms with van der Waals surface area (Å²) in [6.07, 6.45) is 5.98. The highest BCUT2D eigenvalue weighted by Gasteiger charge is 2.17. The van der Waals surface area contributed by atoms with Crippen molar-refractivity contribution in [1.82, 2.24) is 14.5 Å². The third-order valence-electron chi connectivity index (χ3n) is 6.08. The van der Waals surface area contributed by atoms with Gasteiger partial charge in [-0.15, -0.1) is 0 Å². The van der Waals surface area contributed by atoms with Gasteiger partial charge in [0.05, 0.1) is 44.3 Å². The standard InChI is InChI=1S/C23H26N6/c1-27-20-11-5-3-9-18(20)25-22(27)17-24-23-26-19-10-4-6-12-21(19)29(23)16-15-28-13-7-2-8-14-28/h3-6,9-12,17H,2,7-8,13-16H2,1H3/p+2/b24-17+.